The number of carboxylic acids is 1. The Hall–Kier alpha value is -3.06. The van der Waals surface area contributed by atoms with Crippen LogP contribution in [0.4, 0.5) is 4.79 Å². The third kappa shape index (κ3) is 5.01. The van der Waals surface area contributed by atoms with Crippen molar-refractivity contribution in [2.75, 3.05) is 6.61 Å². The molecule has 3 unspecified atom stereocenters. The van der Waals surface area contributed by atoms with Crippen molar-refractivity contribution in [2.45, 2.75) is 38.1 Å². The number of rotatable bonds is 8. The summed E-state index contributed by atoms with van der Waals surface area (Å²) in [5.41, 5.74) is 1.03. The monoisotopic (exact) mass is 384 g/mol. The van der Waals surface area contributed by atoms with Crippen molar-refractivity contribution in [1.82, 2.24) is 10.6 Å². The predicted molar refractivity (Wildman–Crippen MR) is 103 cm³/mol. The summed E-state index contributed by atoms with van der Waals surface area (Å²) in [5.74, 6) is -0.238. The van der Waals surface area contributed by atoms with Crippen molar-refractivity contribution in [3.05, 3.63) is 65.7 Å². The average Bonchev–Trinajstić information content (AvgIpc) is 2.71. The average molecular weight is 384 g/mol. The fraction of sp³-hybridized carbons (Fsp3) is 0.333. The molecule has 2 amide bonds. The van der Waals surface area contributed by atoms with Gasteiger partial charge in [0, 0.05) is 19.6 Å². The number of hydrogen-bond acceptors (Lipinski definition) is 4. The Bertz CT molecular complexity index is 794. The minimum Gasteiger partial charge on any atom is -0.486 e. The van der Waals surface area contributed by atoms with Gasteiger partial charge in [-0.1, -0.05) is 30.3 Å². The van der Waals surface area contributed by atoms with E-state index < -0.39 is 5.97 Å². The molecule has 0 aromatic heterocycles. The highest BCUT2D eigenvalue weighted by Crippen LogP contribution is 2.29. The number of amides is 2. The van der Waals surface area contributed by atoms with Crippen LogP contribution in [0.3, 0.4) is 0 Å². The van der Waals surface area contributed by atoms with Gasteiger partial charge in [-0.25, -0.2) is 9.59 Å². The first kappa shape index (κ1) is 19.7. The van der Waals surface area contributed by atoms with E-state index >= 15 is 0 Å². The largest absolute Gasteiger partial charge is 0.486 e. The summed E-state index contributed by atoms with van der Waals surface area (Å²) in [6.45, 7) is 2.82. The van der Waals surface area contributed by atoms with Gasteiger partial charge in [0.25, 0.3) is 0 Å². The van der Waals surface area contributed by atoms with Crippen LogP contribution in [-0.4, -0.2) is 42.0 Å². The Balaban J connectivity index is 1.51. The van der Waals surface area contributed by atoms with Gasteiger partial charge in [0.05, 0.1) is 17.7 Å². The predicted octanol–water partition coefficient (Wildman–Crippen LogP) is 2.81. The Morgan fingerprint density at radius 1 is 1.11 bits per heavy atom. The van der Waals surface area contributed by atoms with E-state index in [9.17, 15) is 9.59 Å². The molecule has 148 valence electrons. The molecule has 0 spiro atoms. The molecule has 1 saturated carbocycles. The maximum absolute atomic E-state index is 12.2. The third-order valence-corrected chi connectivity index (χ3v) is 4.62. The van der Waals surface area contributed by atoms with Gasteiger partial charge in [0.2, 0.25) is 0 Å². The minimum atomic E-state index is -0.976. The van der Waals surface area contributed by atoms with Crippen LogP contribution in [0.25, 0.3) is 0 Å². The topological polar surface area (TPSA) is 96.9 Å². The quantitative estimate of drug-likeness (QED) is 0.650. The van der Waals surface area contributed by atoms with Crippen LogP contribution >= 0.6 is 0 Å². The van der Waals surface area contributed by atoms with Gasteiger partial charge in [-0.05, 0) is 36.8 Å². The first-order valence-electron chi connectivity index (χ1n) is 9.26. The molecule has 7 heteroatoms. The number of benzene rings is 2. The molecule has 3 rings (SSSR count). The Labute approximate surface area is 163 Å². The Morgan fingerprint density at radius 2 is 1.82 bits per heavy atom. The summed E-state index contributed by atoms with van der Waals surface area (Å²) in [6.07, 6.45) is 0.383. The van der Waals surface area contributed by atoms with Crippen LogP contribution in [-0.2, 0) is 11.3 Å². The van der Waals surface area contributed by atoms with Crippen LogP contribution in [0.2, 0.25) is 0 Å². The van der Waals surface area contributed by atoms with Crippen molar-refractivity contribution < 1.29 is 24.2 Å². The number of hydrogen-bond donors (Lipinski definition) is 3. The van der Waals surface area contributed by atoms with Gasteiger partial charge in [-0.2, -0.15) is 0 Å². The molecule has 2 aromatic rings. The van der Waals surface area contributed by atoms with Gasteiger partial charge in [0.15, 0.2) is 0 Å². The summed E-state index contributed by atoms with van der Waals surface area (Å²) in [7, 11) is 0. The summed E-state index contributed by atoms with van der Waals surface area (Å²) in [4.78, 5) is 23.1. The third-order valence-electron chi connectivity index (χ3n) is 4.62. The molecule has 0 radical (unpaired) electrons. The van der Waals surface area contributed by atoms with E-state index in [-0.39, 0.29) is 29.8 Å². The molecule has 1 aliphatic rings. The summed E-state index contributed by atoms with van der Waals surface area (Å²) >= 11 is 0. The van der Waals surface area contributed by atoms with Crippen LogP contribution in [0.5, 0.6) is 5.75 Å². The fourth-order valence-corrected chi connectivity index (χ4v) is 3.08. The number of carbonyl (C=O) groups is 2. The van der Waals surface area contributed by atoms with Crippen molar-refractivity contribution in [3.8, 4) is 5.75 Å². The van der Waals surface area contributed by atoms with E-state index in [1.165, 1.54) is 12.1 Å². The molecule has 0 aliphatic heterocycles. The fourth-order valence-electron chi connectivity index (χ4n) is 3.08. The van der Waals surface area contributed by atoms with Crippen LogP contribution in [0.1, 0.15) is 29.3 Å². The standard InChI is InChI=1S/C21H24N2O5/c1-2-27-18-12-17(19(18)28-16-6-4-3-5-7-16)23-21(26)22-13-14-8-10-15(11-9-14)20(24)25/h3-11,17-19H,2,12-13H2,1H3,(H,24,25)(H2,22,23,26). The maximum Gasteiger partial charge on any atom is 0.335 e. The van der Waals surface area contributed by atoms with E-state index in [2.05, 4.69) is 10.6 Å². The Kier molecular flexibility index (Phi) is 6.49. The molecule has 1 aliphatic carbocycles. The molecular weight excluding hydrogens is 360 g/mol. The second kappa shape index (κ2) is 9.23. The molecule has 7 nitrogen and oxygen atoms in total. The van der Waals surface area contributed by atoms with E-state index in [4.69, 9.17) is 14.6 Å². The number of nitrogens with one attached hydrogen (secondary N) is 2. The zero-order chi connectivity index (χ0) is 19.9. The zero-order valence-electron chi connectivity index (χ0n) is 15.6. The number of ether oxygens (including phenoxy) is 2. The molecule has 28 heavy (non-hydrogen) atoms. The molecule has 3 N–H and O–H groups in total. The lowest BCUT2D eigenvalue weighted by Crippen LogP contribution is -2.63. The van der Waals surface area contributed by atoms with E-state index in [0.717, 1.165) is 11.3 Å². The molecule has 1 fully saturated rings. The summed E-state index contributed by atoms with van der Waals surface area (Å²) < 4.78 is 11.7. The van der Waals surface area contributed by atoms with Crippen molar-refractivity contribution >= 4 is 12.0 Å². The van der Waals surface area contributed by atoms with Gasteiger partial charge in [-0.3, -0.25) is 0 Å². The SMILES string of the molecule is CCOC1CC(NC(=O)NCc2ccc(C(=O)O)cc2)C1Oc1ccccc1. The van der Waals surface area contributed by atoms with E-state index in [0.29, 0.717) is 19.6 Å². The molecule has 2 aromatic carbocycles. The maximum atomic E-state index is 12.2. The van der Waals surface area contributed by atoms with Gasteiger partial charge < -0.3 is 25.2 Å². The van der Waals surface area contributed by atoms with Gasteiger partial charge >= 0.3 is 12.0 Å². The van der Waals surface area contributed by atoms with Crippen LogP contribution in [0, 0.1) is 0 Å². The highest BCUT2D eigenvalue weighted by Gasteiger charge is 2.44. The molecular formula is C21H24N2O5. The van der Waals surface area contributed by atoms with Gasteiger partial charge in [-0.15, -0.1) is 0 Å². The zero-order valence-corrected chi connectivity index (χ0v) is 15.6. The number of urea groups is 1. The smallest absolute Gasteiger partial charge is 0.335 e. The molecule has 0 bridgehead atoms. The lowest BCUT2D eigenvalue weighted by atomic mass is 9.85. The van der Waals surface area contributed by atoms with Crippen LogP contribution in [0.15, 0.2) is 54.6 Å². The van der Waals surface area contributed by atoms with Crippen molar-refractivity contribution in [2.24, 2.45) is 0 Å². The first-order valence-corrected chi connectivity index (χ1v) is 9.26. The van der Waals surface area contributed by atoms with Crippen molar-refractivity contribution in [3.63, 3.8) is 0 Å². The number of para-hydroxylation sites is 1. The van der Waals surface area contributed by atoms with Crippen LogP contribution < -0.4 is 15.4 Å². The number of aromatic carboxylic acids is 1. The first-order chi connectivity index (χ1) is 13.6. The second-order valence-corrected chi connectivity index (χ2v) is 6.56. The Morgan fingerprint density at radius 3 is 2.46 bits per heavy atom. The number of carboxylic acid groups (broad SMARTS) is 1. The van der Waals surface area contributed by atoms with E-state index in [1.54, 1.807) is 12.1 Å². The lowest BCUT2D eigenvalue weighted by Gasteiger charge is -2.43. The molecule has 0 saturated heterocycles. The normalized spacial score (nSPS) is 20.7. The van der Waals surface area contributed by atoms with Gasteiger partial charge in [0.1, 0.15) is 11.9 Å². The lowest BCUT2D eigenvalue weighted by molar-refractivity contribution is -0.0990. The second-order valence-electron chi connectivity index (χ2n) is 6.56. The summed E-state index contributed by atoms with van der Waals surface area (Å²) in [5, 5.41) is 14.6. The highest BCUT2D eigenvalue weighted by atomic mass is 16.5. The minimum absolute atomic E-state index is 0.0564. The van der Waals surface area contributed by atoms with E-state index in [1.807, 2.05) is 37.3 Å². The molecule has 3 atom stereocenters. The molecule has 0 heterocycles. The number of carbonyl (C=O) groups excluding carboxylic acids is 1. The highest BCUT2D eigenvalue weighted by molar-refractivity contribution is 5.87. The van der Waals surface area contributed by atoms with Crippen molar-refractivity contribution in [1.29, 1.82) is 0 Å². The summed E-state index contributed by atoms with van der Waals surface area (Å²) in [6, 6.07) is 15.4.